The van der Waals surface area contributed by atoms with Crippen LogP contribution in [0.2, 0.25) is 0 Å². The summed E-state index contributed by atoms with van der Waals surface area (Å²) in [6.07, 6.45) is 0.762. The topological polar surface area (TPSA) is 107 Å². The van der Waals surface area contributed by atoms with Crippen molar-refractivity contribution in [2.75, 3.05) is 46.2 Å². The second-order valence-corrected chi connectivity index (χ2v) is 13.7. The van der Waals surface area contributed by atoms with Crippen molar-refractivity contribution in [1.82, 2.24) is 0 Å². The molecule has 1 unspecified atom stereocenters. The fraction of sp³-hybridized carbons (Fsp3) is 0.462. The molecule has 0 amide bonds. The van der Waals surface area contributed by atoms with Crippen LogP contribution >= 0.6 is 0 Å². The second kappa shape index (κ2) is 18.4. The number of carbonyl (C=O) groups is 3. The maximum absolute atomic E-state index is 12.7. The predicted octanol–water partition coefficient (Wildman–Crippen LogP) is 7.80. The van der Waals surface area contributed by atoms with Crippen LogP contribution in [-0.4, -0.2) is 64.2 Å². The molecule has 9 nitrogen and oxygen atoms in total. The van der Waals surface area contributed by atoms with Crippen molar-refractivity contribution in [1.29, 1.82) is 0 Å². The zero-order valence-electron chi connectivity index (χ0n) is 29.3. The summed E-state index contributed by atoms with van der Waals surface area (Å²) in [4.78, 5) is 37.2. The summed E-state index contributed by atoms with van der Waals surface area (Å²) in [7, 11) is 0. The molecule has 0 aliphatic carbocycles. The molecule has 0 N–H and O–H groups in total. The van der Waals surface area contributed by atoms with E-state index in [2.05, 4.69) is 41.5 Å². The molecule has 0 heterocycles. The molecule has 3 rings (SSSR count). The van der Waals surface area contributed by atoms with Gasteiger partial charge in [0.05, 0.1) is 50.1 Å². The minimum atomic E-state index is -0.481. The third kappa shape index (κ3) is 13.1. The summed E-state index contributed by atoms with van der Waals surface area (Å²) < 4.78 is 32.8. The molecule has 0 radical (unpaired) electrons. The lowest BCUT2D eigenvalue weighted by molar-refractivity contribution is -0.155. The summed E-state index contributed by atoms with van der Waals surface area (Å²) in [6, 6.07) is 21.0. The van der Waals surface area contributed by atoms with E-state index in [4.69, 9.17) is 28.4 Å². The van der Waals surface area contributed by atoms with Gasteiger partial charge in [-0.25, -0.2) is 9.59 Å². The number of ether oxygens (including phenoxy) is 6. The molecule has 1 atom stereocenters. The van der Waals surface area contributed by atoms with E-state index in [0.717, 1.165) is 17.5 Å². The molecule has 260 valence electrons. The van der Waals surface area contributed by atoms with Gasteiger partial charge in [0.25, 0.3) is 0 Å². The van der Waals surface area contributed by atoms with Gasteiger partial charge in [0.15, 0.2) is 0 Å². The molecule has 0 aliphatic heterocycles. The highest BCUT2D eigenvalue weighted by Crippen LogP contribution is 2.36. The Labute approximate surface area is 284 Å². The van der Waals surface area contributed by atoms with Gasteiger partial charge in [0.1, 0.15) is 24.7 Å². The van der Waals surface area contributed by atoms with E-state index >= 15 is 0 Å². The van der Waals surface area contributed by atoms with Crippen LogP contribution in [0.3, 0.4) is 0 Å². The minimum absolute atomic E-state index is 0.0348. The Hall–Kier alpha value is -4.21. The summed E-state index contributed by atoms with van der Waals surface area (Å²) in [6.45, 7) is 16.7. The largest absolute Gasteiger partial charge is 0.491 e. The van der Waals surface area contributed by atoms with E-state index in [9.17, 15) is 14.4 Å². The Morgan fingerprint density at radius 1 is 0.583 bits per heavy atom. The smallest absolute Gasteiger partial charge is 0.343 e. The molecular weight excluding hydrogens is 612 g/mol. The lowest BCUT2D eigenvalue weighted by Gasteiger charge is -2.33. The van der Waals surface area contributed by atoms with Crippen LogP contribution in [0.1, 0.15) is 75.6 Å². The van der Waals surface area contributed by atoms with Crippen molar-refractivity contribution in [3.8, 4) is 22.6 Å². The average Bonchev–Trinajstić information content (AvgIpc) is 3.04. The van der Waals surface area contributed by atoms with Crippen molar-refractivity contribution in [2.24, 2.45) is 16.7 Å². The van der Waals surface area contributed by atoms with Gasteiger partial charge in [0.2, 0.25) is 0 Å². The van der Waals surface area contributed by atoms with Gasteiger partial charge in [-0.15, -0.1) is 0 Å². The second-order valence-electron chi connectivity index (χ2n) is 13.7. The van der Waals surface area contributed by atoms with E-state index in [1.165, 1.54) is 0 Å². The fourth-order valence-corrected chi connectivity index (χ4v) is 4.78. The Kier molecular flexibility index (Phi) is 14.6. The van der Waals surface area contributed by atoms with E-state index in [0.29, 0.717) is 62.3 Å². The van der Waals surface area contributed by atoms with Crippen molar-refractivity contribution >= 4 is 17.9 Å². The molecule has 0 fully saturated rings. The first-order valence-corrected chi connectivity index (χ1v) is 16.4. The van der Waals surface area contributed by atoms with Crippen LogP contribution in [-0.2, 0) is 23.7 Å². The van der Waals surface area contributed by atoms with Gasteiger partial charge in [-0.3, -0.25) is 4.79 Å². The van der Waals surface area contributed by atoms with Gasteiger partial charge in [-0.2, -0.15) is 0 Å². The molecule has 3 aromatic rings. The van der Waals surface area contributed by atoms with Crippen LogP contribution in [0.15, 0.2) is 72.8 Å². The number of esters is 3. The lowest BCUT2D eigenvalue weighted by Crippen LogP contribution is -2.34. The maximum Gasteiger partial charge on any atom is 0.343 e. The Morgan fingerprint density at radius 3 is 1.60 bits per heavy atom. The normalized spacial score (nSPS) is 12.2. The van der Waals surface area contributed by atoms with E-state index in [-0.39, 0.29) is 35.3 Å². The number of hydrogen-bond donors (Lipinski definition) is 0. The van der Waals surface area contributed by atoms with Crippen molar-refractivity contribution < 1.29 is 42.8 Å². The van der Waals surface area contributed by atoms with Crippen molar-refractivity contribution in [3.05, 3.63) is 83.9 Å². The molecule has 9 heteroatoms. The molecule has 3 aromatic carbocycles. The third-order valence-electron chi connectivity index (χ3n) is 7.37. The first kappa shape index (κ1) is 38.2. The van der Waals surface area contributed by atoms with Gasteiger partial charge in [0, 0.05) is 0 Å². The number of benzene rings is 3. The summed E-state index contributed by atoms with van der Waals surface area (Å²) >= 11 is 0. The molecule has 0 bridgehead atoms. The van der Waals surface area contributed by atoms with Gasteiger partial charge in [-0.05, 0) is 83.8 Å². The summed E-state index contributed by atoms with van der Waals surface area (Å²) in [5.41, 5.74) is 2.59. The highest BCUT2D eigenvalue weighted by molar-refractivity contribution is 5.91. The maximum atomic E-state index is 12.7. The van der Waals surface area contributed by atoms with Gasteiger partial charge in [-0.1, -0.05) is 65.8 Å². The van der Waals surface area contributed by atoms with Crippen molar-refractivity contribution in [3.63, 3.8) is 0 Å². The molecular formula is C39H50O9. The first-order valence-electron chi connectivity index (χ1n) is 16.4. The Balaban J connectivity index is 1.30. The summed E-state index contributed by atoms with van der Waals surface area (Å²) in [5.74, 6) is -0.167. The van der Waals surface area contributed by atoms with Crippen LogP contribution in [0.25, 0.3) is 11.1 Å². The Morgan fingerprint density at radius 2 is 1.06 bits per heavy atom. The van der Waals surface area contributed by atoms with E-state index < -0.39 is 5.97 Å². The van der Waals surface area contributed by atoms with Gasteiger partial charge >= 0.3 is 17.9 Å². The van der Waals surface area contributed by atoms with E-state index in [1.807, 2.05) is 24.3 Å². The lowest BCUT2D eigenvalue weighted by atomic mass is 9.72. The minimum Gasteiger partial charge on any atom is -0.491 e. The van der Waals surface area contributed by atoms with Crippen LogP contribution in [0.5, 0.6) is 11.5 Å². The molecule has 0 aromatic heterocycles. The average molecular weight is 663 g/mol. The predicted molar refractivity (Wildman–Crippen MR) is 184 cm³/mol. The monoisotopic (exact) mass is 662 g/mol. The highest BCUT2D eigenvalue weighted by atomic mass is 16.6. The molecule has 0 spiro atoms. The van der Waals surface area contributed by atoms with Crippen LogP contribution in [0, 0.1) is 16.7 Å². The molecule has 0 saturated carbocycles. The van der Waals surface area contributed by atoms with Crippen molar-refractivity contribution in [2.45, 2.75) is 54.9 Å². The molecule has 0 saturated heterocycles. The third-order valence-corrected chi connectivity index (χ3v) is 7.37. The molecule has 48 heavy (non-hydrogen) atoms. The zero-order chi connectivity index (χ0) is 35.2. The number of carbonyl (C=O) groups excluding carboxylic acids is 3. The van der Waals surface area contributed by atoms with Crippen LogP contribution < -0.4 is 9.47 Å². The Bertz CT molecular complexity index is 1430. The quantitative estimate of drug-likeness (QED) is 0.0813. The van der Waals surface area contributed by atoms with E-state index in [1.54, 1.807) is 55.5 Å². The van der Waals surface area contributed by atoms with Gasteiger partial charge < -0.3 is 28.4 Å². The first-order chi connectivity index (χ1) is 22.8. The number of rotatable bonds is 17. The SMILES string of the molecule is CCOC(=O)c1ccc(-c2ccc(OC(=O)c3ccc(OCCOCCOCCOC(=O)C(CC(C)(C)C)C(C)(C)C)cc3)cc2)cc1. The standard InChI is InChI=1S/C39H50O9/c1-8-45-35(40)30-11-9-28(10-12-30)29-13-19-33(20-14-29)48-36(41)31-15-17-32(18-16-31)46-25-23-43-21-22-44-24-26-47-37(42)34(39(5,6)7)27-38(2,3)4/h9-20,34H,8,21-27H2,1-7H3. The molecule has 0 aliphatic rings. The van der Waals surface area contributed by atoms with Crippen LogP contribution in [0.4, 0.5) is 0 Å². The zero-order valence-corrected chi connectivity index (χ0v) is 29.3. The highest BCUT2D eigenvalue weighted by Gasteiger charge is 2.35. The summed E-state index contributed by atoms with van der Waals surface area (Å²) in [5, 5.41) is 0. The fourth-order valence-electron chi connectivity index (χ4n) is 4.78. The number of hydrogen-bond acceptors (Lipinski definition) is 9.